The zero-order valence-corrected chi connectivity index (χ0v) is 38.4. The molecule has 0 spiro atoms. The lowest BCUT2D eigenvalue weighted by molar-refractivity contribution is 0.590. The van der Waals surface area contributed by atoms with Crippen LogP contribution in [0.1, 0.15) is 83.2 Å². The monoisotopic (exact) mass is 828 g/mol. The van der Waals surface area contributed by atoms with Crippen molar-refractivity contribution in [2.75, 3.05) is 9.80 Å². The number of hydrogen-bond acceptors (Lipinski definition) is 3. The first kappa shape index (κ1) is 38.9. The third kappa shape index (κ3) is 5.60. The van der Waals surface area contributed by atoms with E-state index in [1.165, 1.54) is 94.9 Å². The highest BCUT2D eigenvalue weighted by Gasteiger charge is 2.45. The summed E-state index contributed by atoms with van der Waals surface area (Å²) >= 11 is 0. The summed E-state index contributed by atoms with van der Waals surface area (Å²) in [5.74, 6) is 0. The molecule has 3 heterocycles. The van der Waals surface area contributed by atoms with Crippen LogP contribution < -0.4 is 26.2 Å². The Morgan fingerprint density at radius 1 is 0.484 bits per heavy atom. The average Bonchev–Trinajstić information content (AvgIpc) is 3.77. The summed E-state index contributed by atoms with van der Waals surface area (Å²) in [5.41, 5.74) is 24.7. The summed E-state index contributed by atoms with van der Waals surface area (Å²) in [6.45, 7) is 21.1. The van der Waals surface area contributed by atoms with Crippen molar-refractivity contribution in [3.63, 3.8) is 0 Å². The first-order valence-electron chi connectivity index (χ1n) is 23.0. The molecule has 3 nitrogen and oxygen atoms in total. The third-order valence-corrected chi connectivity index (χ3v) is 14.6. The second-order valence-electron chi connectivity index (χ2n) is 21.1. The lowest BCUT2D eigenvalue weighted by Crippen LogP contribution is -2.61. The summed E-state index contributed by atoms with van der Waals surface area (Å²) in [6.07, 6.45) is 0. The van der Waals surface area contributed by atoms with Crippen molar-refractivity contribution in [2.24, 2.45) is 0 Å². The van der Waals surface area contributed by atoms with Crippen molar-refractivity contribution < 1.29 is 4.42 Å². The first-order chi connectivity index (χ1) is 30.7. The largest absolute Gasteiger partial charge is 0.456 e. The summed E-state index contributed by atoms with van der Waals surface area (Å²) in [6, 6.07) is 59.7. The molecule has 0 radical (unpaired) electrons. The minimum atomic E-state index is -0.121. The van der Waals surface area contributed by atoms with Gasteiger partial charge in [0, 0.05) is 50.3 Å². The van der Waals surface area contributed by atoms with Crippen molar-refractivity contribution >= 4 is 79.2 Å². The van der Waals surface area contributed by atoms with E-state index in [0.29, 0.717) is 0 Å². The fraction of sp³-hybridized carbons (Fsp3) is 0.200. The van der Waals surface area contributed by atoms with Crippen molar-refractivity contribution in [1.82, 2.24) is 0 Å². The number of hydrogen-bond donors (Lipinski definition) is 0. The van der Waals surface area contributed by atoms with Gasteiger partial charge in [0.05, 0.1) is 0 Å². The highest BCUT2D eigenvalue weighted by Crippen LogP contribution is 2.52. The van der Waals surface area contributed by atoms with Gasteiger partial charge >= 0.3 is 0 Å². The Bertz CT molecular complexity index is 3410. The Balaban J connectivity index is 1.09. The molecule has 0 amide bonds. The minimum absolute atomic E-state index is 0.0232. The van der Waals surface area contributed by atoms with E-state index in [4.69, 9.17) is 4.42 Å². The van der Waals surface area contributed by atoms with E-state index in [-0.39, 0.29) is 23.0 Å². The Morgan fingerprint density at radius 2 is 1.11 bits per heavy atom. The standard InChI is InChI=1S/C60H53BN2O/c1-36-31-52-57-53(32-36)63(41-27-28-44-43-15-10-12-18-46(43)60(8,9)47(44)35-41)51-34-39(59(5,6)7)23-29-48(51)61(57)49-33-38(58(2,3)4)24-30-50(49)62(52)40-25-21-37(22-26-40)42-17-14-20-55-56(42)45-16-11-13-19-54(45)64-55/h10-35H,1-9H3. The highest BCUT2D eigenvalue weighted by molar-refractivity contribution is 7.00. The van der Waals surface area contributed by atoms with Crippen LogP contribution in [0.5, 0.6) is 0 Å². The summed E-state index contributed by atoms with van der Waals surface area (Å²) in [5, 5.41) is 2.30. The average molecular weight is 829 g/mol. The zero-order valence-electron chi connectivity index (χ0n) is 38.4. The van der Waals surface area contributed by atoms with Gasteiger partial charge in [0.15, 0.2) is 0 Å². The van der Waals surface area contributed by atoms with Gasteiger partial charge in [-0.3, -0.25) is 0 Å². The SMILES string of the molecule is Cc1cc2c3c(c1)N(c1ccc4c(c1)C(C)(C)c1ccccc1-4)c1cc(C(C)(C)C)ccc1B3c1cc(C(C)(C)C)ccc1N2c1ccc(-c2cccc3oc4ccccc4c23)cc1. The van der Waals surface area contributed by atoms with Crippen LogP contribution in [-0.4, -0.2) is 6.71 Å². The normalized spacial score (nSPS) is 14.7. The molecule has 0 atom stereocenters. The molecule has 2 aliphatic heterocycles. The quantitative estimate of drug-likeness (QED) is 0.165. The maximum Gasteiger partial charge on any atom is 0.252 e. The van der Waals surface area contributed by atoms with Gasteiger partial charge in [-0.2, -0.15) is 0 Å². The predicted octanol–water partition coefficient (Wildman–Crippen LogP) is 14.5. The highest BCUT2D eigenvalue weighted by atomic mass is 16.3. The molecule has 64 heavy (non-hydrogen) atoms. The second-order valence-corrected chi connectivity index (χ2v) is 21.1. The molecule has 0 bridgehead atoms. The van der Waals surface area contributed by atoms with Crippen molar-refractivity contribution in [3.05, 3.63) is 186 Å². The van der Waals surface area contributed by atoms with Gasteiger partial charge in [-0.05, 0) is 145 Å². The molecule has 0 fully saturated rings. The number of anilines is 6. The fourth-order valence-corrected chi connectivity index (χ4v) is 11.3. The van der Waals surface area contributed by atoms with E-state index >= 15 is 0 Å². The van der Waals surface area contributed by atoms with Gasteiger partial charge in [-0.25, -0.2) is 0 Å². The Kier molecular flexibility index (Phi) is 8.12. The maximum atomic E-state index is 6.32. The van der Waals surface area contributed by atoms with Crippen LogP contribution in [0.25, 0.3) is 44.2 Å². The molecule has 312 valence electrons. The van der Waals surface area contributed by atoms with Crippen molar-refractivity contribution in [1.29, 1.82) is 0 Å². The van der Waals surface area contributed by atoms with Crippen molar-refractivity contribution in [2.45, 2.75) is 78.6 Å². The van der Waals surface area contributed by atoms with Gasteiger partial charge in [-0.1, -0.05) is 152 Å². The van der Waals surface area contributed by atoms with Gasteiger partial charge in [0.2, 0.25) is 0 Å². The lowest BCUT2D eigenvalue weighted by atomic mass is 9.33. The van der Waals surface area contributed by atoms with Gasteiger partial charge < -0.3 is 14.2 Å². The number of furan rings is 1. The second kappa shape index (κ2) is 13.4. The summed E-state index contributed by atoms with van der Waals surface area (Å²) < 4.78 is 6.32. The van der Waals surface area contributed by atoms with Crippen molar-refractivity contribution in [3.8, 4) is 22.3 Å². The molecular formula is C60H53BN2O. The third-order valence-electron chi connectivity index (χ3n) is 14.6. The number of rotatable bonds is 3. The molecule has 0 unspecified atom stereocenters. The molecule has 4 heteroatoms. The first-order valence-corrected chi connectivity index (χ1v) is 23.0. The minimum Gasteiger partial charge on any atom is -0.456 e. The van der Waals surface area contributed by atoms with E-state index in [0.717, 1.165) is 27.6 Å². The lowest BCUT2D eigenvalue weighted by Gasteiger charge is -2.45. The van der Waals surface area contributed by atoms with E-state index in [9.17, 15) is 0 Å². The van der Waals surface area contributed by atoms with Crippen LogP contribution in [0.3, 0.4) is 0 Å². The fourth-order valence-electron chi connectivity index (χ4n) is 11.3. The Labute approximate surface area is 378 Å². The summed E-state index contributed by atoms with van der Waals surface area (Å²) in [7, 11) is 0. The molecule has 0 saturated heterocycles. The molecule has 0 saturated carbocycles. The Morgan fingerprint density at radius 3 is 1.88 bits per heavy atom. The van der Waals surface area contributed by atoms with Gasteiger partial charge in [0.1, 0.15) is 11.2 Å². The Hall–Kier alpha value is -6.78. The molecule has 1 aliphatic carbocycles. The van der Waals surface area contributed by atoms with Gasteiger partial charge in [0.25, 0.3) is 6.71 Å². The molecule has 9 aromatic rings. The number of fused-ring (bicyclic) bond motifs is 10. The zero-order chi connectivity index (χ0) is 44.0. The maximum absolute atomic E-state index is 6.32. The number of para-hydroxylation sites is 1. The molecule has 8 aromatic carbocycles. The summed E-state index contributed by atoms with van der Waals surface area (Å²) in [4.78, 5) is 5.14. The predicted molar refractivity (Wildman–Crippen MR) is 273 cm³/mol. The van der Waals surface area contributed by atoms with Crippen LogP contribution in [0, 0.1) is 6.92 Å². The van der Waals surface area contributed by atoms with E-state index < -0.39 is 0 Å². The molecule has 0 N–H and O–H groups in total. The topological polar surface area (TPSA) is 19.6 Å². The van der Waals surface area contributed by atoms with Crippen LogP contribution in [0.4, 0.5) is 34.1 Å². The molecule has 12 rings (SSSR count). The van der Waals surface area contributed by atoms with E-state index in [1.54, 1.807) is 0 Å². The van der Waals surface area contributed by atoms with Crippen LogP contribution in [0.2, 0.25) is 0 Å². The molecule has 3 aliphatic rings. The number of benzene rings is 8. The van der Waals surface area contributed by atoms with E-state index in [1.807, 2.05) is 6.07 Å². The molecule has 1 aromatic heterocycles. The smallest absolute Gasteiger partial charge is 0.252 e. The molecular weight excluding hydrogens is 775 g/mol. The van der Waals surface area contributed by atoms with Crippen LogP contribution in [-0.2, 0) is 16.2 Å². The van der Waals surface area contributed by atoms with Gasteiger partial charge in [-0.15, -0.1) is 0 Å². The van der Waals surface area contributed by atoms with Crippen LogP contribution >= 0.6 is 0 Å². The number of aryl methyl sites for hydroxylation is 1. The van der Waals surface area contributed by atoms with E-state index in [2.05, 4.69) is 224 Å². The van der Waals surface area contributed by atoms with Crippen LogP contribution in [0.15, 0.2) is 162 Å². The number of nitrogens with zero attached hydrogens (tertiary/aromatic N) is 2.